The van der Waals surface area contributed by atoms with Crippen LogP contribution in [-0.2, 0) is 10.0 Å². The van der Waals surface area contributed by atoms with Gasteiger partial charge in [-0.15, -0.1) is 0 Å². The third kappa shape index (κ3) is 3.50. The lowest BCUT2D eigenvalue weighted by Crippen LogP contribution is -2.32. The van der Waals surface area contributed by atoms with Gasteiger partial charge in [-0.3, -0.25) is 0 Å². The fourth-order valence-electron chi connectivity index (χ4n) is 1.07. The first-order valence-corrected chi connectivity index (χ1v) is 6.48. The molecule has 1 aromatic rings. The normalized spacial score (nSPS) is 12.7. The number of rotatable bonds is 3. The molecule has 0 spiro atoms. The Morgan fingerprint density at radius 1 is 1.25 bits per heavy atom. The third-order valence-electron chi connectivity index (χ3n) is 1.95. The van der Waals surface area contributed by atoms with E-state index in [9.17, 15) is 13.5 Å². The Labute approximate surface area is 96.4 Å². The number of phenols is 1. The molecule has 0 saturated carbocycles. The SMILES string of the molecule is CC(C)(C)CNS(=O)(=O)c1ccccc1O. The predicted octanol–water partition coefficient (Wildman–Crippen LogP) is 1.72. The van der Waals surface area contributed by atoms with E-state index in [1.807, 2.05) is 20.8 Å². The minimum Gasteiger partial charge on any atom is -0.507 e. The Kier molecular flexibility index (Phi) is 3.60. The molecule has 0 unspecified atom stereocenters. The van der Waals surface area contributed by atoms with Crippen molar-refractivity contribution in [2.24, 2.45) is 5.41 Å². The molecule has 0 heterocycles. The van der Waals surface area contributed by atoms with Gasteiger partial charge in [-0.25, -0.2) is 13.1 Å². The molecule has 0 atom stereocenters. The molecule has 1 aromatic carbocycles. The van der Waals surface area contributed by atoms with Crippen LogP contribution in [0.3, 0.4) is 0 Å². The average Bonchev–Trinajstić information content (AvgIpc) is 2.14. The number of sulfonamides is 1. The summed E-state index contributed by atoms with van der Waals surface area (Å²) in [7, 11) is -3.62. The van der Waals surface area contributed by atoms with Crippen molar-refractivity contribution in [2.75, 3.05) is 6.54 Å². The molecule has 0 fully saturated rings. The van der Waals surface area contributed by atoms with Crippen LogP contribution in [0.15, 0.2) is 29.2 Å². The van der Waals surface area contributed by atoms with E-state index in [1.165, 1.54) is 12.1 Å². The lowest BCUT2D eigenvalue weighted by Gasteiger charge is -2.18. The van der Waals surface area contributed by atoms with Crippen molar-refractivity contribution in [1.29, 1.82) is 0 Å². The van der Waals surface area contributed by atoms with Crippen molar-refractivity contribution in [3.05, 3.63) is 24.3 Å². The van der Waals surface area contributed by atoms with Crippen molar-refractivity contribution in [2.45, 2.75) is 25.7 Å². The molecule has 0 aromatic heterocycles. The van der Waals surface area contributed by atoms with E-state index in [0.29, 0.717) is 6.54 Å². The number of benzene rings is 1. The van der Waals surface area contributed by atoms with Crippen molar-refractivity contribution in [3.8, 4) is 5.75 Å². The number of hydrogen-bond donors (Lipinski definition) is 2. The zero-order valence-corrected chi connectivity index (χ0v) is 10.5. The molecule has 0 saturated heterocycles. The Morgan fingerprint density at radius 3 is 2.31 bits per heavy atom. The van der Waals surface area contributed by atoms with E-state index in [0.717, 1.165) is 0 Å². The minimum absolute atomic E-state index is 0.0840. The van der Waals surface area contributed by atoms with Gasteiger partial charge < -0.3 is 5.11 Å². The Morgan fingerprint density at radius 2 is 1.81 bits per heavy atom. The van der Waals surface area contributed by atoms with Gasteiger partial charge in [-0.2, -0.15) is 0 Å². The fourth-order valence-corrected chi connectivity index (χ4v) is 2.45. The van der Waals surface area contributed by atoms with Gasteiger partial charge >= 0.3 is 0 Å². The summed E-state index contributed by atoms with van der Waals surface area (Å²) in [5.74, 6) is -0.232. The molecule has 90 valence electrons. The summed E-state index contributed by atoms with van der Waals surface area (Å²) >= 11 is 0. The Hall–Kier alpha value is -1.07. The number of phenolic OH excluding ortho intramolecular Hbond substituents is 1. The molecule has 0 amide bonds. The smallest absolute Gasteiger partial charge is 0.244 e. The highest BCUT2D eigenvalue weighted by atomic mass is 32.2. The molecule has 16 heavy (non-hydrogen) atoms. The van der Waals surface area contributed by atoms with Crippen molar-refractivity contribution in [3.63, 3.8) is 0 Å². The van der Waals surface area contributed by atoms with E-state index in [4.69, 9.17) is 0 Å². The molecule has 5 heteroatoms. The highest BCUT2D eigenvalue weighted by Gasteiger charge is 2.20. The van der Waals surface area contributed by atoms with Gasteiger partial charge in [0.2, 0.25) is 10.0 Å². The van der Waals surface area contributed by atoms with Crippen LogP contribution in [0.4, 0.5) is 0 Å². The largest absolute Gasteiger partial charge is 0.507 e. The molecular weight excluding hydrogens is 226 g/mol. The molecule has 0 bridgehead atoms. The van der Waals surface area contributed by atoms with Gasteiger partial charge in [0.1, 0.15) is 10.6 Å². The van der Waals surface area contributed by atoms with Gasteiger partial charge in [0.05, 0.1) is 0 Å². The number of para-hydroxylation sites is 1. The van der Waals surface area contributed by atoms with Gasteiger partial charge in [0.15, 0.2) is 0 Å². The summed E-state index contributed by atoms with van der Waals surface area (Å²) in [4.78, 5) is -0.0840. The van der Waals surface area contributed by atoms with Crippen molar-refractivity contribution in [1.82, 2.24) is 4.72 Å². The molecule has 0 radical (unpaired) electrons. The zero-order valence-electron chi connectivity index (χ0n) is 9.69. The second-order valence-electron chi connectivity index (χ2n) is 4.85. The maximum Gasteiger partial charge on any atom is 0.244 e. The lowest BCUT2D eigenvalue weighted by molar-refractivity contribution is 0.406. The van der Waals surface area contributed by atoms with Crippen LogP contribution in [-0.4, -0.2) is 20.1 Å². The van der Waals surface area contributed by atoms with Crippen LogP contribution in [0, 0.1) is 5.41 Å². The van der Waals surface area contributed by atoms with Crippen LogP contribution in [0.2, 0.25) is 0 Å². The maximum absolute atomic E-state index is 11.8. The van der Waals surface area contributed by atoms with Crippen LogP contribution in [0.25, 0.3) is 0 Å². The summed E-state index contributed by atoms with van der Waals surface area (Å²) in [6, 6.07) is 5.88. The summed E-state index contributed by atoms with van der Waals surface area (Å²) in [5, 5.41) is 9.46. The summed E-state index contributed by atoms with van der Waals surface area (Å²) in [6.07, 6.45) is 0. The van der Waals surface area contributed by atoms with Crippen LogP contribution >= 0.6 is 0 Å². The van der Waals surface area contributed by atoms with Crippen LogP contribution in [0.5, 0.6) is 5.75 Å². The highest BCUT2D eigenvalue weighted by Crippen LogP contribution is 2.22. The van der Waals surface area contributed by atoms with Crippen molar-refractivity contribution >= 4 is 10.0 Å². The molecule has 2 N–H and O–H groups in total. The van der Waals surface area contributed by atoms with E-state index in [2.05, 4.69) is 4.72 Å². The first-order valence-electron chi connectivity index (χ1n) is 5.00. The van der Waals surface area contributed by atoms with E-state index in [-0.39, 0.29) is 16.1 Å². The van der Waals surface area contributed by atoms with Gasteiger partial charge in [-0.05, 0) is 17.5 Å². The number of hydrogen-bond acceptors (Lipinski definition) is 3. The molecule has 0 aliphatic rings. The molecular formula is C11H17NO3S. The standard InChI is InChI=1S/C11H17NO3S/c1-11(2,3)8-12-16(14,15)10-7-5-4-6-9(10)13/h4-7,12-13H,8H2,1-3H3. The van der Waals surface area contributed by atoms with E-state index in [1.54, 1.807) is 12.1 Å². The number of aromatic hydroxyl groups is 1. The molecule has 4 nitrogen and oxygen atoms in total. The van der Waals surface area contributed by atoms with Gasteiger partial charge in [-0.1, -0.05) is 32.9 Å². The van der Waals surface area contributed by atoms with Gasteiger partial charge in [0.25, 0.3) is 0 Å². The Balaban J connectivity index is 2.92. The summed E-state index contributed by atoms with van der Waals surface area (Å²) in [5.41, 5.74) is -0.141. The first-order chi connectivity index (χ1) is 7.22. The van der Waals surface area contributed by atoms with Crippen LogP contribution < -0.4 is 4.72 Å². The quantitative estimate of drug-likeness (QED) is 0.849. The van der Waals surface area contributed by atoms with E-state index < -0.39 is 10.0 Å². The third-order valence-corrected chi connectivity index (χ3v) is 3.40. The second-order valence-corrected chi connectivity index (χ2v) is 6.59. The van der Waals surface area contributed by atoms with Gasteiger partial charge in [0, 0.05) is 6.54 Å². The molecule has 0 aliphatic heterocycles. The Bertz CT molecular complexity index is 460. The summed E-state index contributed by atoms with van der Waals surface area (Å²) < 4.78 is 26.1. The monoisotopic (exact) mass is 243 g/mol. The average molecular weight is 243 g/mol. The zero-order chi connectivity index (χ0) is 12.4. The molecule has 1 rings (SSSR count). The maximum atomic E-state index is 11.8. The summed E-state index contributed by atoms with van der Waals surface area (Å²) in [6.45, 7) is 6.12. The topological polar surface area (TPSA) is 66.4 Å². The van der Waals surface area contributed by atoms with E-state index >= 15 is 0 Å². The highest BCUT2D eigenvalue weighted by molar-refractivity contribution is 7.89. The lowest BCUT2D eigenvalue weighted by atomic mass is 9.98. The predicted molar refractivity (Wildman–Crippen MR) is 62.8 cm³/mol. The number of nitrogens with one attached hydrogen (secondary N) is 1. The molecule has 0 aliphatic carbocycles. The fraction of sp³-hybridized carbons (Fsp3) is 0.455. The van der Waals surface area contributed by atoms with Crippen molar-refractivity contribution < 1.29 is 13.5 Å². The van der Waals surface area contributed by atoms with Crippen LogP contribution in [0.1, 0.15) is 20.8 Å². The first kappa shape index (κ1) is 13.0. The minimum atomic E-state index is -3.62. The second kappa shape index (κ2) is 4.43.